The second-order valence-electron chi connectivity index (χ2n) is 5.55. The fourth-order valence-electron chi connectivity index (χ4n) is 2.80. The SMILES string of the molecule is CC(C)BC1CCCCCCCCC1. The van der Waals surface area contributed by atoms with Crippen molar-refractivity contribution in [1.82, 2.24) is 0 Å². The van der Waals surface area contributed by atoms with Crippen LogP contribution in [0.3, 0.4) is 0 Å². The first-order valence-electron chi connectivity index (χ1n) is 6.79. The van der Waals surface area contributed by atoms with Crippen molar-refractivity contribution in [2.45, 2.75) is 83.3 Å². The van der Waals surface area contributed by atoms with Crippen LogP contribution < -0.4 is 0 Å². The van der Waals surface area contributed by atoms with Gasteiger partial charge in [0.05, 0.1) is 0 Å². The molecule has 0 amide bonds. The summed E-state index contributed by atoms with van der Waals surface area (Å²) < 4.78 is 0. The summed E-state index contributed by atoms with van der Waals surface area (Å²) in [4.78, 5) is 0. The van der Waals surface area contributed by atoms with E-state index < -0.39 is 0 Å². The van der Waals surface area contributed by atoms with E-state index in [9.17, 15) is 0 Å². The summed E-state index contributed by atoms with van der Waals surface area (Å²) >= 11 is 0. The van der Waals surface area contributed by atoms with Gasteiger partial charge in [0.2, 0.25) is 0 Å². The molecule has 0 saturated heterocycles. The van der Waals surface area contributed by atoms with Gasteiger partial charge in [-0.15, -0.1) is 0 Å². The minimum Gasteiger partial charge on any atom is -0.0710 e. The van der Waals surface area contributed by atoms with Crippen molar-refractivity contribution >= 4 is 7.28 Å². The monoisotopic (exact) mass is 194 g/mol. The van der Waals surface area contributed by atoms with Gasteiger partial charge in [-0.2, -0.15) is 0 Å². The molecule has 0 unspecified atom stereocenters. The molecule has 0 aromatic rings. The molecular weight excluding hydrogens is 167 g/mol. The number of hydrogen-bond donors (Lipinski definition) is 0. The Bertz CT molecular complexity index is 121. The Balaban J connectivity index is 2.23. The van der Waals surface area contributed by atoms with Gasteiger partial charge in [-0.05, 0) is 0 Å². The number of hydrogen-bond acceptors (Lipinski definition) is 0. The molecule has 0 radical (unpaired) electrons. The Morgan fingerprint density at radius 2 is 1.21 bits per heavy atom. The van der Waals surface area contributed by atoms with Gasteiger partial charge in [0.15, 0.2) is 0 Å². The van der Waals surface area contributed by atoms with E-state index in [1.54, 1.807) is 0 Å². The lowest BCUT2D eigenvalue weighted by molar-refractivity contribution is 0.500. The maximum absolute atomic E-state index is 2.37. The van der Waals surface area contributed by atoms with Gasteiger partial charge in [-0.1, -0.05) is 83.3 Å². The molecule has 1 heteroatoms. The van der Waals surface area contributed by atoms with Crippen LogP contribution >= 0.6 is 0 Å². The standard InChI is InChI=1S/C13H27B/c1-12(2)14-13-10-8-6-4-3-5-7-9-11-13/h12-14H,3-11H2,1-2H3. The summed E-state index contributed by atoms with van der Waals surface area (Å²) in [6.07, 6.45) is 13.5. The predicted octanol–water partition coefficient (Wildman–Crippen LogP) is 4.56. The summed E-state index contributed by atoms with van der Waals surface area (Å²) in [5.41, 5.74) is 0. The molecule has 1 rings (SSSR count). The van der Waals surface area contributed by atoms with Crippen LogP contribution in [0.4, 0.5) is 0 Å². The third-order valence-corrected chi connectivity index (χ3v) is 3.53. The maximum atomic E-state index is 2.37. The van der Waals surface area contributed by atoms with E-state index in [0.29, 0.717) is 0 Å². The van der Waals surface area contributed by atoms with Crippen molar-refractivity contribution in [3.8, 4) is 0 Å². The van der Waals surface area contributed by atoms with Crippen LogP contribution in [0, 0.1) is 0 Å². The van der Waals surface area contributed by atoms with E-state index in [-0.39, 0.29) is 0 Å². The van der Waals surface area contributed by atoms with Crippen molar-refractivity contribution in [2.75, 3.05) is 0 Å². The molecule has 0 aromatic carbocycles. The van der Waals surface area contributed by atoms with E-state index in [0.717, 1.165) is 11.6 Å². The fraction of sp³-hybridized carbons (Fsp3) is 1.00. The second kappa shape index (κ2) is 7.37. The third kappa shape index (κ3) is 5.72. The quantitative estimate of drug-likeness (QED) is 0.565. The highest BCUT2D eigenvalue weighted by atomic mass is 14.1. The van der Waals surface area contributed by atoms with Gasteiger partial charge >= 0.3 is 0 Å². The zero-order valence-electron chi connectivity index (χ0n) is 10.2. The Morgan fingerprint density at radius 1 is 0.786 bits per heavy atom. The normalized spacial score (nSPS) is 22.2. The molecule has 1 aliphatic carbocycles. The van der Waals surface area contributed by atoms with Crippen molar-refractivity contribution in [3.05, 3.63) is 0 Å². The van der Waals surface area contributed by atoms with Crippen molar-refractivity contribution in [2.24, 2.45) is 0 Å². The largest absolute Gasteiger partial charge is 0.126 e. The fourth-order valence-corrected chi connectivity index (χ4v) is 2.80. The Labute approximate surface area is 91.1 Å². The minimum atomic E-state index is 0.906. The average Bonchev–Trinajstić information content (AvgIpc) is 2.15. The van der Waals surface area contributed by atoms with Gasteiger partial charge in [0.25, 0.3) is 0 Å². The molecule has 0 aromatic heterocycles. The molecule has 1 saturated carbocycles. The molecule has 14 heavy (non-hydrogen) atoms. The molecule has 0 nitrogen and oxygen atoms in total. The molecule has 1 fully saturated rings. The van der Waals surface area contributed by atoms with Crippen molar-refractivity contribution in [3.63, 3.8) is 0 Å². The summed E-state index contributed by atoms with van der Waals surface area (Å²) in [6, 6.07) is 0. The zero-order chi connectivity index (χ0) is 10.2. The number of rotatable bonds is 2. The van der Waals surface area contributed by atoms with Gasteiger partial charge in [-0.25, -0.2) is 0 Å². The van der Waals surface area contributed by atoms with Crippen LogP contribution in [-0.2, 0) is 0 Å². The Hall–Kier alpha value is 0.0649. The molecule has 0 bridgehead atoms. The second-order valence-corrected chi connectivity index (χ2v) is 5.55. The molecular formula is C13H27B. The topological polar surface area (TPSA) is 0 Å². The van der Waals surface area contributed by atoms with E-state index in [4.69, 9.17) is 0 Å². The molecule has 0 N–H and O–H groups in total. The van der Waals surface area contributed by atoms with Gasteiger partial charge < -0.3 is 0 Å². The van der Waals surface area contributed by atoms with Crippen LogP contribution in [0.1, 0.15) is 71.6 Å². The zero-order valence-corrected chi connectivity index (χ0v) is 10.2. The van der Waals surface area contributed by atoms with E-state index >= 15 is 0 Å². The Kier molecular flexibility index (Phi) is 6.39. The summed E-state index contributed by atoms with van der Waals surface area (Å²) in [6.45, 7) is 4.75. The highest BCUT2D eigenvalue weighted by Crippen LogP contribution is 2.27. The van der Waals surface area contributed by atoms with Crippen molar-refractivity contribution < 1.29 is 0 Å². The Morgan fingerprint density at radius 3 is 1.64 bits per heavy atom. The van der Waals surface area contributed by atoms with Crippen molar-refractivity contribution in [1.29, 1.82) is 0 Å². The maximum Gasteiger partial charge on any atom is 0.126 e. The van der Waals surface area contributed by atoms with E-state index in [1.807, 2.05) is 0 Å². The molecule has 0 heterocycles. The highest BCUT2D eigenvalue weighted by molar-refractivity contribution is 6.39. The predicted molar refractivity (Wildman–Crippen MR) is 67.6 cm³/mol. The molecule has 1 aliphatic rings. The van der Waals surface area contributed by atoms with Crippen LogP contribution in [-0.4, -0.2) is 7.28 Å². The first kappa shape index (κ1) is 12.1. The first-order chi connectivity index (χ1) is 6.79. The van der Waals surface area contributed by atoms with Gasteiger partial charge in [-0.3, -0.25) is 0 Å². The minimum absolute atomic E-state index is 0.906. The molecule has 82 valence electrons. The highest BCUT2D eigenvalue weighted by Gasteiger charge is 2.13. The lowest BCUT2D eigenvalue weighted by Crippen LogP contribution is -2.08. The summed E-state index contributed by atoms with van der Waals surface area (Å²) in [7, 11) is 1.47. The lowest BCUT2D eigenvalue weighted by atomic mass is 9.53. The molecule has 0 spiro atoms. The summed E-state index contributed by atoms with van der Waals surface area (Å²) in [5.74, 6) is 1.95. The van der Waals surface area contributed by atoms with Gasteiger partial charge in [0, 0.05) is 0 Å². The smallest absolute Gasteiger partial charge is 0.0710 e. The van der Waals surface area contributed by atoms with E-state index in [1.165, 1.54) is 65.1 Å². The van der Waals surface area contributed by atoms with E-state index in [2.05, 4.69) is 13.8 Å². The third-order valence-electron chi connectivity index (χ3n) is 3.53. The van der Waals surface area contributed by atoms with Crippen LogP contribution in [0.2, 0.25) is 11.6 Å². The average molecular weight is 194 g/mol. The first-order valence-corrected chi connectivity index (χ1v) is 6.79. The van der Waals surface area contributed by atoms with Crippen LogP contribution in [0.25, 0.3) is 0 Å². The van der Waals surface area contributed by atoms with Gasteiger partial charge in [0.1, 0.15) is 7.28 Å². The van der Waals surface area contributed by atoms with Crippen LogP contribution in [0.15, 0.2) is 0 Å². The summed E-state index contributed by atoms with van der Waals surface area (Å²) in [5, 5.41) is 0. The molecule has 0 aliphatic heterocycles. The lowest BCUT2D eigenvalue weighted by Gasteiger charge is -2.18. The van der Waals surface area contributed by atoms with Crippen LogP contribution in [0.5, 0.6) is 0 Å². The molecule has 0 atom stereocenters.